The maximum Gasteiger partial charge on any atom is 0.274 e. The van der Waals surface area contributed by atoms with Gasteiger partial charge in [0.25, 0.3) is 5.56 Å². The highest BCUT2D eigenvalue weighted by Crippen LogP contribution is 2.21. The number of hydrogen-bond acceptors (Lipinski definition) is 1. The summed E-state index contributed by atoms with van der Waals surface area (Å²) in [4.78, 5) is 11.9. The first-order chi connectivity index (χ1) is 7.66. The fourth-order valence-electron chi connectivity index (χ4n) is 1.93. The maximum atomic E-state index is 11.9. The molecule has 0 saturated heterocycles. The molecule has 0 unspecified atom stereocenters. The Labute approximate surface area is 96.5 Å². The second-order valence-corrected chi connectivity index (χ2v) is 4.25. The molecule has 0 saturated carbocycles. The van der Waals surface area contributed by atoms with Crippen LogP contribution in [0.3, 0.4) is 0 Å². The highest BCUT2D eigenvalue weighted by atomic mass is 35.5. The first kappa shape index (κ1) is 9.48. The molecular weight excluding hydrogens is 224 g/mol. The van der Waals surface area contributed by atoms with Gasteiger partial charge in [-0.3, -0.25) is 4.79 Å². The monoisotopic (exact) mass is 232 g/mol. The molecule has 0 amide bonds. The van der Waals surface area contributed by atoms with Crippen LogP contribution in [-0.2, 0) is 7.05 Å². The molecule has 2 heterocycles. The predicted molar refractivity (Wildman–Crippen MR) is 65.2 cm³/mol. The van der Waals surface area contributed by atoms with E-state index in [9.17, 15) is 4.79 Å². The van der Waals surface area contributed by atoms with Gasteiger partial charge in [0.1, 0.15) is 5.52 Å². The number of fused-ring (bicyclic) bond motifs is 3. The van der Waals surface area contributed by atoms with Crippen molar-refractivity contribution in [2.24, 2.45) is 7.05 Å². The van der Waals surface area contributed by atoms with Crippen molar-refractivity contribution in [3.63, 3.8) is 0 Å². The van der Waals surface area contributed by atoms with Gasteiger partial charge in [-0.2, -0.15) is 0 Å². The third-order valence-corrected chi connectivity index (χ3v) is 3.02. The summed E-state index contributed by atoms with van der Waals surface area (Å²) in [6, 6.07) is 7.50. The zero-order chi connectivity index (χ0) is 11.3. The van der Waals surface area contributed by atoms with Crippen molar-refractivity contribution >= 4 is 28.0 Å². The van der Waals surface area contributed by atoms with E-state index in [4.69, 9.17) is 11.6 Å². The van der Waals surface area contributed by atoms with Gasteiger partial charge in [-0.25, -0.2) is 0 Å². The Balaban J connectivity index is 2.61. The average molecular weight is 233 g/mol. The highest BCUT2D eigenvalue weighted by molar-refractivity contribution is 6.31. The van der Waals surface area contributed by atoms with E-state index in [1.54, 1.807) is 17.8 Å². The van der Waals surface area contributed by atoms with Crippen LogP contribution in [0.2, 0.25) is 5.02 Å². The summed E-state index contributed by atoms with van der Waals surface area (Å²) in [7, 11) is 1.74. The lowest BCUT2D eigenvalue weighted by molar-refractivity contribution is 0.850. The van der Waals surface area contributed by atoms with E-state index >= 15 is 0 Å². The van der Waals surface area contributed by atoms with Gasteiger partial charge < -0.3 is 8.97 Å². The van der Waals surface area contributed by atoms with E-state index in [0.29, 0.717) is 10.5 Å². The lowest BCUT2D eigenvalue weighted by atomic mass is 10.2. The van der Waals surface area contributed by atoms with Crippen LogP contribution in [0.25, 0.3) is 16.4 Å². The van der Waals surface area contributed by atoms with Crippen molar-refractivity contribution < 1.29 is 0 Å². The number of benzene rings is 1. The summed E-state index contributed by atoms with van der Waals surface area (Å²) in [5, 5.41) is 1.70. The van der Waals surface area contributed by atoms with E-state index < -0.39 is 0 Å². The van der Waals surface area contributed by atoms with Crippen molar-refractivity contribution in [3.8, 4) is 0 Å². The van der Waals surface area contributed by atoms with Gasteiger partial charge in [-0.15, -0.1) is 0 Å². The molecule has 0 spiro atoms. The molecule has 3 aromatic rings. The first-order valence-corrected chi connectivity index (χ1v) is 5.30. The number of hydrogen-bond donors (Lipinski definition) is 0. The van der Waals surface area contributed by atoms with Gasteiger partial charge in [-0.1, -0.05) is 17.7 Å². The normalized spacial score (nSPS) is 11.4. The van der Waals surface area contributed by atoms with Gasteiger partial charge in [0.15, 0.2) is 0 Å². The fraction of sp³-hybridized carbons (Fsp3) is 0.0833. The number of rotatable bonds is 0. The summed E-state index contributed by atoms with van der Waals surface area (Å²) in [6.07, 6.45) is 3.62. The Morgan fingerprint density at radius 2 is 1.94 bits per heavy atom. The smallest absolute Gasteiger partial charge is 0.274 e. The minimum Gasteiger partial charge on any atom is -0.315 e. The number of nitrogens with zero attached hydrogens (tertiary/aromatic N) is 2. The zero-order valence-corrected chi connectivity index (χ0v) is 9.40. The number of aromatic nitrogens is 2. The Bertz CT molecular complexity index is 755. The standard InChI is InChI=1S/C12H9ClN2O/c1-14-4-5-15-10-7-9(13)3-2-8(10)6-11(15)12(14)16/h2-7H,1H3. The van der Waals surface area contributed by atoms with Crippen LogP contribution in [0.1, 0.15) is 0 Å². The number of halogens is 1. The van der Waals surface area contributed by atoms with E-state index in [1.165, 1.54) is 0 Å². The highest BCUT2D eigenvalue weighted by Gasteiger charge is 2.06. The van der Waals surface area contributed by atoms with Crippen molar-refractivity contribution in [3.05, 3.63) is 52.0 Å². The second-order valence-electron chi connectivity index (χ2n) is 3.82. The summed E-state index contributed by atoms with van der Waals surface area (Å²) in [6.45, 7) is 0. The van der Waals surface area contributed by atoms with Gasteiger partial charge in [-0.05, 0) is 18.2 Å². The second kappa shape index (κ2) is 3.12. The van der Waals surface area contributed by atoms with Crippen LogP contribution in [0, 0.1) is 0 Å². The van der Waals surface area contributed by atoms with Gasteiger partial charge >= 0.3 is 0 Å². The molecule has 0 aliphatic carbocycles. The fourth-order valence-corrected chi connectivity index (χ4v) is 2.10. The molecule has 3 nitrogen and oxygen atoms in total. The van der Waals surface area contributed by atoms with Crippen LogP contribution in [0.5, 0.6) is 0 Å². The quantitative estimate of drug-likeness (QED) is 0.585. The molecule has 80 valence electrons. The van der Waals surface area contributed by atoms with Gasteiger partial charge in [0.2, 0.25) is 0 Å². The SMILES string of the molecule is Cn1ccn2c(cc3ccc(Cl)cc32)c1=O. The Morgan fingerprint density at radius 1 is 1.12 bits per heavy atom. The summed E-state index contributed by atoms with van der Waals surface area (Å²) < 4.78 is 3.43. The van der Waals surface area contributed by atoms with Crippen molar-refractivity contribution in [1.29, 1.82) is 0 Å². The number of aryl methyl sites for hydroxylation is 1. The molecule has 0 atom stereocenters. The van der Waals surface area contributed by atoms with E-state index in [1.807, 2.05) is 34.9 Å². The third-order valence-electron chi connectivity index (χ3n) is 2.78. The summed E-state index contributed by atoms with van der Waals surface area (Å²) >= 11 is 5.95. The molecule has 4 heteroatoms. The molecule has 1 aromatic carbocycles. The molecule has 0 aliphatic rings. The summed E-state index contributed by atoms with van der Waals surface area (Å²) in [5.74, 6) is 0. The molecule has 16 heavy (non-hydrogen) atoms. The van der Waals surface area contributed by atoms with Crippen LogP contribution < -0.4 is 5.56 Å². The van der Waals surface area contributed by atoms with Crippen LogP contribution in [0.15, 0.2) is 41.5 Å². The minimum atomic E-state index is -0.00479. The van der Waals surface area contributed by atoms with Crippen LogP contribution >= 0.6 is 11.6 Å². The lowest BCUT2D eigenvalue weighted by Gasteiger charge is -1.99. The average Bonchev–Trinajstić information content (AvgIpc) is 2.62. The molecule has 0 aliphatic heterocycles. The Morgan fingerprint density at radius 3 is 2.75 bits per heavy atom. The zero-order valence-electron chi connectivity index (χ0n) is 8.64. The minimum absolute atomic E-state index is 0.00479. The van der Waals surface area contributed by atoms with E-state index in [2.05, 4.69) is 0 Å². The molecule has 2 aromatic heterocycles. The van der Waals surface area contributed by atoms with Crippen molar-refractivity contribution in [2.75, 3.05) is 0 Å². The van der Waals surface area contributed by atoms with Crippen molar-refractivity contribution in [2.45, 2.75) is 0 Å². The summed E-state index contributed by atoms with van der Waals surface area (Å²) in [5.41, 5.74) is 1.62. The van der Waals surface area contributed by atoms with E-state index in [-0.39, 0.29) is 5.56 Å². The predicted octanol–water partition coefficient (Wildman–Crippen LogP) is 2.44. The Hall–Kier alpha value is -1.74. The first-order valence-electron chi connectivity index (χ1n) is 4.93. The van der Waals surface area contributed by atoms with Crippen LogP contribution in [-0.4, -0.2) is 8.97 Å². The largest absolute Gasteiger partial charge is 0.315 e. The van der Waals surface area contributed by atoms with E-state index in [0.717, 1.165) is 10.9 Å². The van der Waals surface area contributed by atoms with Gasteiger partial charge in [0, 0.05) is 29.9 Å². The van der Waals surface area contributed by atoms with Crippen molar-refractivity contribution in [1.82, 2.24) is 8.97 Å². The lowest BCUT2D eigenvalue weighted by Crippen LogP contribution is -2.17. The van der Waals surface area contributed by atoms with Gasteiger partial charge in [0.05, 0.1) is 5.52 Å². The molecule has 3 rings (SSSR count). The third kappa shape index (κ3) is 1.18. The molecule has 0 radical (unpaired) electrons. The Kier molecular flexibility index (Phi) is 1.85. The molecule has 0 fully saturated rings. The molecule has 0 N–H and O–H groups in total. The molecule has 0 bridgehead atoms. The topological polar surface area (TPSA) is 26.4 Å². The molecular formula is C12H9ClN2O. The maximum absolute atomic E-state index is 11.9. The van der Waals surface area contributed by atoms with Crippen LogP contribution in [0.4, 0.5) is 0 Å².